The molecule has 4 unspecified atom stereocenters. The second-order valence-corrected chi connectivity index (χ2v) is 13.2. The molecule has 12 heteroatoms. The summed E-state index contributed by atoms with van der Waals surface area (Å²) < 4.78 is 66.8. The van der Waals surface area contributed by atoms with Crippen molar-refractivity contribution in [2.75, 3.05) is 6.61 Å². The van der Waals surface area contributed by atoms with Crippen LogP contribution in [0.5, 0.6) is 5.75 Å². The van der Waals surface area contributed by atoms with Gasteiger partial charge in [-0.1, -0.05) is 41.5 Å². The van der Waals surface area contributed by atoms with Crippen LogP contribution in [-0.2, 0) is 35.8 Å². The van der Waals surface area contributed by atoms with Gasteiger partial charge in [-0.2, -0.15) is 0 Å². The zero-order valence-corrected chi connectivity index (χ0v) is 22.9. The smallest absolute Gasteiger partial charge is 0.403 e. The van der Waals surface area contributed by atoms with Gasteiger partial charge in [0.1, 0.15) is 30.1 Å². The largest absolute Gasteiger partial charge is 0.530 e. The number of benzene rings is 1. The Morgan fingerprint density at radius 1 is 1.16 bits per heavy atom. The lowest BCUT2D eigenvalue weighted by Crippen LogP contribution is -2.33. The number of alkyl halides is 1. The Morgan fingerprint density at radius 3 is 2.43 bits per heavy atom. The van der Waals surface area contributed by atoms with E-state index in [1.165, 1.54) is 13.1 Å². The van der Waals surface area contributed by atoms with Gasteiger partial charge in [-0.3, -0.25) is 23.4 Å². The predicted molar refractivity (Wildman–Crippen MR) is 132 cm³/mol. The van der Waals surface area contributed by atoms with Crippen LogP contribution in [0, 0.1) is 12.7 Å². The molecule has 0 saturated carbocycles. The quantitative estimate of drug-likeness (QED) is 0.547. The summed E-state index contributed by atoms with van der Waals surface area (Å²) >= 11 is 0. The number of phosphoric ester groups is 1. The Hall–Kier alpha value is -2.33. The molecule has 2 aromatic rings. The van der Waals surface area contributed by atoms with Gasteiger partial charge >= 0.3 is 13.5 Å². The van der Waals surface area contributed by atoms with Crippen molar-refractivity contribution in [3.63, 3.8) is 0 Å². The van der Waals surface area contributed by atoms with Gasteiger partial charge in [0.15, 0.2) is 0 Å². The van der Waals surface area contributed by atoms with Gasteiger partial charge in [0.2, 0.25) is 0 Å². The number of hydrogen-bond acceptors (Lipinski definition) is 7. The van der Waals surface area contributed by atoms with Crippen LogP contribution < -0.4 is 15.8 Å². The molecule has 2 aliphatic heterocycles. The molecule has 204 valence electrons. The number of hydrogen-bond donors (Lipinski definition) is 1. The fourth-order valence-electron chi connectivity index (χ4n) is 4.35. The molecule has 0 aliphatic carbocycles. The Labute approximate surface area is 213 Å². The van der Waals surface area contributed by atoms with Crippen LogP contribution >= 0.6 is 7.82 Å². The zero-order valence-electron chi connectivity index (χ0n) is 22.0. The van der Waals surface area contributed by atoms with Gasteiger partial charge in [0.05, 0.1) is 18.8 Å². The van der Waals surface area contributed by atoms with E-state index in [1.54, 1.807) is 6.07 Å². The first-order chi connectivity index (χ1) is 17.0. The highest BCUT2D eigenvalue weighted by Gasteiger charge is 2.43. The third-order valence-electron chi connectivity index (χ3n) is 6.51. The molecule has 4 atom stereocenters. The SMILES string of the molecule is Cc1cn(C2CC([18F])C(COP3(=O)OCc4c(F)c(C(C)(C)C)cc(C(C)(C)C)c4O3)O2)c(=O)[nH]c1=O. The third-order valence-corrected chi connectivity index (χ3v) is 7.83. The van der Waals surface area contributed by atoms with Crippen molar-refractivity contribution >= 4 is 7.82 Å². The van der Waals surface area contributed by atoms with Crippen molar-refractivity contribution in [1.29, 1.82) is 0 Å². The van der Waals surface area contributed by atoms with E-state index in [4.69, 9.17) is 18.3 Å². The molecule has 2 aliphatic rings. The standard InChI is InChI=1S/C25H33F2N2O7P/c1-13-10-29(23(31)28-22(13)30)19-9-17(26)18(35-19)12-34-37(32)33-11-14-20(27)15(24(2,3)4)8-16(21(14)36-37)25(5,6)7/h8,10,17-19H,9,11-12H2,1-7H3,(H,28,30,31)/i26-1. The number of H-pyrrole nitrogens is 1. The van der Waals surface area contributed by atoms with Crippen LogP contribution in [0.2, 0.25) is 0 Å². The van der Waals surface area contributed by atoms with Crippen LogP contribution in [0.25, 0.3) is 0 Å². The summed E-state index contributed by atoms with van der Waals surface area (Å²) in [5.74, 6) is -0.390. The van der Waals surface area contributed by atoms with Crippen LogP contribution in [0.1, 0.15) is 76.4 Å². The van der Waals surface area contributed by atoms with Crippen molar-refractivity contribution in [1.82, 2.24) is 9.55 Å². The van der Waals surface area contributed by atoms with Crippen molar-refractivity contribution in [3.8, 4) is 5.75 Å². The minimum atomic E-state index is -4.24. The van der Waals surface area contributed by atoms with Gasteiger partial charge < -0.3 is 9.26 Å². The van der Waals surface area contributed by atoms with Crippen molar-refractivity contribution in [2.24, 2.45) is 0 Å². The first-order valence-electron chi connectivity index (χ1n) is 12.1. The highest BCUT2D eigenvalue weighted by Crippen LogP contribution is 2.58. The van der Waals surface area contributed by atoms with Gasteiger partial charge in [-0.05, 0) is 29.4 Å². The lowest BCUT2D eigenvalue weighted by atomic mass is 9.78. The number of nitrogens with one attached hydrogen (secondary N) is 1. The maximum Gasteiger partial charge on any atom is 0.530 e. The average Bonchev–Trinajstić information content (AvgIpc) is 3.13. The Bertz CT molecular complexity index is 1370. The number of nitrogens with zero attached hydrogens (tertiary/aromatic N) is 1. The molecule has 0 bridgehead atoms. The Balaban J connectivity index is 1.55. The summed E-state index contributed by atoms with van der Waals surface area (Å²) in [6.45, 7) is 12.2. The summed E-state index contributed by atoms with van der Waals surface area (Å²) in [7, 11) is -4.24. The number of fused-ring (bicyclic) bond motifs is 1. The number of ether oxygens (including phenoxy) is 1. The summed E-state index contributed by atoms with van der Waals surface area (Å²) in [5.41, 5.74) is -0.689. The average molecular weight is 542 g/mol. The van der Waals surface area contributed by atoms with Gasteiger partial charge in [-0.15, -0.1) is 0 Å². The van der Waals surface area contributed by atoms with E-state index in [1.807, 2.05) is 41.5 Å². The van der Waals surface area contributed by atoms with Gasteiger partial charge in [-0.25, -0.2) is 18.1 Å². The number of halogens is 2. The van der Waals surface area contributed by atoms with E-state index >= 15 is 4.39 Å². The third kappa shape index (κ3) is 5.46. The molecular weight excluding hydrogens is 508 g/mol. The van der Waals surface area contributed by atoms with Crippen molar-refractivity contribution in [2.45, 2.75) is 90.8 Å². The van der Waals surface area contributed by atoms with E-state index in [9.17, 15) is 18.5 Å². The molecule has 37 heavy (non-hydrogen) atoms. The van der Waals surface area contributed by atoms with Crippen LogP contribution in [0.3, 0.4) is 0 Å². The molecule has 1 aromatic carbocycles. The number of aryl methyl sites for hydroxylation is 1. The van der Waals surface area contributed by atoms with Gasteiger partial charge in [0.25, 0.3) is 5.56 Å². The Morgan fingerprint density at radius 2 is 1.81 bits per heavy atom. The monoisotopic (exact) mass is 541 g/mol. The fourth-order valence-corrected chi connectivity index (χ4v) is 5.58. The maximum atomic E-state index is 15.4. The lowest BCUT2D eigenvalue weighted by Gasteiger charge is -2.33. The van der Waals surface area contributed by atoms with Gasteiger partial charge in [0, 0.05) is 23.7 Å². The normalized spacial score (nSPS) is 26.1. The lowest BCUT2D eigenvalue weighted by molar-refractivity contribution is -0.0371. The first kappa shape index (κ1) is 27.7. The maximum absolute atomic E-state index is 15.4. The minimum absolute atomic E-state index is 0.102. The van der Waals surface area contributed by atoms with Crippen LogP contribution in [0.4, 0.5) is 8.78 Å². The predicted octanol–water partition coefficient (Wildman–Crippen LogP) is 4.94. The summed E-state index contributed by atoms with van der Waals surface area (Å²) in [6, 6.07) is 1.72. The Kier molecular flexibility index (Phi) is 7.07. The molecule has 1 fully saturated rings. The molecule has 9 nitrogen and oxygen atoms in total. The van der Waals surface area contributed by atoms with Crippen molar-refractivity contribution < 1.29 is 31.7 Å². The number of phosphoric acid groups is 1. The number of rotatable bonds is 4. The van der Waals surface area contributed by atoms with E-state index in [-0.39, 0.29) is 29.9 Å². The second-order valence-electron chi connectivity index (χ2n) is 11.6. The van der Waals surface area contributed by atoms with E-state index < -0.39 is 60.8 Å². The second kappa shape index (κ2) is 9.45. The fraction of sp³-hybridized carbons (Fsp3) is 0.600. The summed E-state index contributed by atoms with van der Waals surface area (Å²) in [5, 5.41) is 0. The topological polar surface area (TPSA) is 109 Å². The number of aromatic amines is 1. The highest BCUT2D eigenvalue weighted by molar-refractivity contribution is 7.49. The van der Waals surface area contributed by atoms with E-state index in [0.29, 0.717) is 11.1 Å². The summed E-state index contributed by atoms with van der Waals surface area (Å²) in [4.78, 5) is 25.9. The van der Waals surface area contributed by atoms with Crippen molar-refractivity contribution in [3.05, 3.63) is 61.2 Å². The minimum Gasteiger partial charge on any atom is -0.403 e. The first-order valence-corrected chi connectivity index (χ1v) is 13.5. The molecular formula is C25H33F2N2O7P. The zero-order chi connectivity index (χ0) is 27.5. The van der Waals surface area contributed by atoms with Crippen LogP contribution in [-0.4, -0.2) is 28.4 Å². The molecule has 4 rings (SSSR count). The van der Waals surface area contributed by atoms with E-state index in [0.717, 1.165) is 4.57 Å². The molecule has 1 saturated heterocycles. The molecule has 1 N–H and O–H groups in total. The van der Waals surface area contributed by atoms with E-state index in [2.05, 4.69) is 4.98 Å². The molecule has 3 heterocycles. The molecule has 0 radical (unpaired) electrons. The molecule has 0 spiro atoms. The highest BCUT2D eigenvalue weighted by atomic mass is 31.2. The molecule has 0 amide bonds. The summed E-state index contributed by atoms with van der Waals surface area (Å²) in [6.07, 6.45) is -2.60. The molecule has 1 aromatic heterocycles. The van der Waals surface area contributed by atoms with Crippen LogP contribution in [0.15, 0.2) is 21.9 Å². The number of aromatic nitrogens is 2.